The fraction of sp³-hybridized carbons (Fsp3) is 0.348. The molecule has 2 aliphatic heterocycles. The summed E-state index contributed by atoms with van der Waals surface area (Å²) in [5.41, 5.74) is 6.90. The van der Waals surface area contributed by atoms with Gasteiger partial charge in [-0.1, -0.05) is 36.4 Å². The summed E-state index contributed by atoms with van der Waals surface area (Å²) in [7, 11) is 0. The fourth-order valence-corrected chi connectivity index (χ4v) is 3.84. The molecule has 2 aromatic rings. The van der Waals surface area contributed by atoms with Crippen molar-refractivity contribution in [3.8, 4) is 0 Å². The smallest absolute Gasteiger partial charge is 0.414 e. The molecular weight excluding hydrogens is 417 g/mol. The zero-order valence-corrected chi connectivity index (χ0v) is 17.4. The Balaban J connectivity index is 1.30. The van der Waals surface area contributed by atoms with E-state index in [9.17, 15) is 18.8 Å². The van der Waals surface area contributed by atoms with Crippen LogP contribution >= 0.6 is 0 Å². The van der Waals surface area contributed by atoms with E-state index in [1.807, 2.05) is 30.3 Å². The van der Waals surface area contributed by atoms with E-state index < -0.39 is 30.0 Å². The molecule has 2 aliphatic rings. The zero-order chi connectivity index (χ0) is 22.7. The number of rotatable bonds is 7. The molecule has 0 radical (unpaired) electrons. The molecule has 9 heteroatoms. The van der Waals surface area contributed by atoms with Crippen LogP contribution < -0.4 is 10.6 Å². The van der Waals surface area contributed by atoms with Crippen LogP contribution in [0.2, 0.25) is 0 Å². The number of likely N-dealkylation sites (tertiary alicyclic amines) is 1. The highest BCUT2D eigenvalue weighted by atomic mass is 19.1. The molecule has 2 fully saturated rings. The van der Waals surface area contributed by atoms with Crippen LogP contribution in [0.15, 0.2) is 48.5 Å². The van der Waals surface area contributed by atoms with Gasteiger partial charge in [0.1, 0.15) is 18.5 Å². The van der Waals surface area contributed by atoms with Crippen LogP contribution in [-0.2, 0) is 20.9 Å². The van der Waals surface area contributed by atoms with Gasteiger partial charge in [-0.2, -0.15) is 0 Å². The lowest BCUT2D eigenvalue weighted by Gasteiger charge is -2.38. The first-order chi connectivity index (χ1) is 15.4. The van der Waals surface area contributed by atoms with Gasteiger partial charge >= 0.3 is 12.2 Å². The maximum atomic E-state index is 14.8. The molecule has 2 saturated heterocycles. The molecule has 3 amide bonds. The van der Waals surface area contributed by atoms with Gasteiger partial charge in [-0.3, -0.25) is 9.69 Å². The first kappa shape index (κ1) is 21.6. The molecule has 1 unspecified atom stereocenters. The van der Waals surface area contributed by atoms with Crippen molar-refractivity contribution in [3.05, 3.63) is 65.5 Å². The van der Waals surface area contributed by atoms with E-state index in [0.29, 0.717) is 30.8 Å². The number of amides is 3. The molecular formula is C23H24FN3O5. The number of carbonyl (C=O) groups excluding carboxylic acids is 3. The average Bonchev–Trinajstić information content (AvgIpc) is 3.12. The summed E-state index contributed by atoms with van der Waals surface area (Å²) in [4.78, 5) is 38.1. The lowest BCUT2D eigenvalue weighted by Crippen LogP contribution is -2.48. The topological polar surface area (TPSA) is 102 Å². The molecule has 0 aliphatic carbocycles. The maximum Gasteiger partial charge on any atom is 0.414 e. The summed E-state index contributed by atoms with van der Waals surface area (Å²) >= 11 is 0. The molecule has 8 nitrogen and oxygen atoms in total. The molecule has 2 heterocycles. The van der Waals surface area contributed by atoms with Gasteiger partial charge < -0.3 is 20.1 Å². The van der Waals surface area contributed by atoms with Gasteiger partial charge in [0.25, 0.3) is 0 Å². The molecule has 2 N–H and O–H groups in total. The highest BCUT2D eigenvalue weighted by Gasteiger charge is 2.36. The van der Waals surface area contributed by atoms with E-state index in [-0.39, 0.29) is 25.5 Å². The van der Waals surface area contributed by atoms with Crippen LogP contribution in [0, 0.1) is 5.82 Å². The lowest BCUT2D eigenvalue weighted by atomic mass is 9.91. The van der Waals surface area contributed by atoms with Crippen LogP contribution in [0.4, 0.5) is 19.7 Å². The van der Waals surface area contributed by atoms with Crippen molar-refractivity contribution < 1.29 is 28.2 Å². The van der Waals surface area contributed by atoms with Crippen molar-refractivity contribution in [2.24, 2.45) is 5.73 Å². The summed E-state index contributed by atoms with van der Waals surface area (Å²) in [6.07, 6.45) is -1.02. The maximum absolute atomic E-state index is 14.8. The predicted octanol–water partition coefficient (Wildman–Crippen LogP) is 3.15. The van der Waals surface area contributed by atoms with Gasteiger partial charge in [0.15, 0.2) is 0 Å². The normalized spacial score (nSPS) is 18.3. The highest BCUT2D eigenvalue weighted by molar-refractivity contribution is 5.89. The molecule has 168 valence electrons. The third kappa shape index (κ3) is 4.82. The van der Waals surface area contributed by atoms with Gasteiger partial charge in [-0.05, 0) is 29.7 Å². The number of ether oxygens (including phenoxy) is 2. The van der Waals surface area contributed by atoms with E-state index in [1.54, 1.807) is 12.1 Å². The van der Waals surface area contributed by atoms with Gasteiger partial charge in [-0.15, -0.1) is 0 Å². The zero-order valence-electron chi connectivity index (χ0n) is 17.4. The number of hydrogen-bond acceptors (Lipinski definition) is 5. The Morgan fingerprint density at radius 1 is 1.12 bits per heavy atom. The number of cyclic esters (lactones) is 1. The summed E-state index contributed by atoms with van der Waals surface area (Å²) in [6.45, 7) is 1.15. The summed E-state index contributed by atoms with van der Waals surface area (Å²) in [5.74, 6) is -1.05. The molecule has 1 atom stereocenters. The third-order valence-electron chi connectivity index (χ3n) is 5.67. The second kappa shape index (κ2) is 9.25. The van der Waals surface area contributed by atoms with Gasteiger partial charge in [0.2, 0.25) is 5.91 Å². The number of anilines is 1. The average molecular weight is 441 g/mol. The number of hydrogen-bond donors (Lipinski definition) is 1. The molecule has 32 heavy (non-hydrogen) atoms. The molecule has 0 bridgehead atoms. The van der Waals surface area contributed by atoms with Crippen molar-refractivity contribution >= 4 is 23.8 Å². The van der Waals surface area contributed by atoms with E-state index >= 15 is 0 Å². The predicted molar refractivity (Wildman–Crippen MR) is 113 cm³/mol. The van der Waals surface area contributed by atoms with Crippen molar-refractivity contribution in [1.82, 2.24) is 4.90 Å². The monoisotopic (exact) mass is 441 g/mol. The first-order valence-corrected chi connectivity index (χ1v) is 10.4. The number of carbonyl (C=O) groups is 3. The van der Waals surface area contributed by atoms with Gasteiger partial charge in [0, 0.05) is 25.4 Å². The number of nitrogens with two attached hydrogens (primary N) is 1. The minimum absolute atomic E-state index is 0.116. The number of benzene rings is 2. The molecule has 0 spiro atoms. The Morgan fingerprint density at radius 2 is 1.88 bits per heavy atom. The van der Waals surface area contributed by atoms with Crippen molar-refractivity contribution in [2.75, 3.05) is 24.5 Å². The number of nitrogens with zero attached hydrogens (tertiary/aromatic N) is 2. The van der Waals surface area contributed by atoms with Gasteiger partial charge in [0.05, 0.1) is 12.2 Å². The van der Waals surface area contributed by atoms with Crippen molar-refractivity contribution in [1.29, 1.82) is 0 Å². The molecule has 4 rings (SSSR count). The largest absolute Gasteiger partial charge is 0.445 e. The third-order valence-corrected chi connectivity index (χ3v) is 5.67. The SMILES string of the molecule is NC(=O)CCC1CN(c2ccc(C3CN(C(=O)OCc4ccccc4)C3)c(F)c2)C(=O)O1. The lowest BCUT2D eigenvalue weighted by molar-refractivity contribution is -0.118. The minimum Gasteiger partial charge on any atom is -0.445 e. The Kier molecular flexibility index (Phi) is 6.25. The molecule has 0 saturated carbocycles. The number of halogens is 1. The number of primary amides is 1. The minimum atomic E-state index is -0.581. The quantitative estimate of drug-likeness (QED) is 0.711. The second-order valence-corrected chi connectivity index (χ2v) is 7.97. The van der Waals surface area contributed by atoms with Crippen molar-refractivity contribution in [3.63, 3.8) is 0 Å². The molecule has 0 aromatic heterocycles. The Hall–Kier alpha value is -3.62. The van der Waals surface area contributed by atoms with E-state index in [2.05, 4.69) is 0 Å². The van der Waals surface area contributed by atoms with Crippen LogP contribution in [0.1, 0.15) is 29.9 Å². The van der Waals surface area contributed by atoms with E-state index in [0.717, 1.165) is 5.56 Å². The fourth-order valence-electron chi connectivity index (χ4n) is 3.84. The standard InChI is InChI=1S/C23H24FN3O5/c24-20-10-17(27-13-18(32-23(27)30)7-9-21(25)28)6-8-19(20)16-11-26(12-16)22(29)31-14-15-4-2-1-3-5-15/h1-6,8,10,16,18H,7,9,11-14H2,(H2,25,28). The Bertz CT molecular complexity index is 1010. The van der Waals surface area contributed by atoms with Crippen LogP contribution in [0.25, 0.3) is 0 Å². The Labute approximate surface area is 184 Å². The Morgan fingerprint density at radius 3 is 2.56 bits per heavy atom. The second-order valence-electron chi connectivity index (χ2n) is 7.97. The molecule has 2 aromatic carbocycles. The van der Waals surface area contributed by atoms with E-state index in [4.69, 9.17) is 15.2 Å². The first-order valence-electron chi connectivity index (χ1n) is 10.4. The summed E-state index contributed by atoms with van der Waals surface area (Å²) in [6, 6.07) is 14.0. The van der Waals surface area contributed by atoms with Crippen molar-refractivity contribution in [2.45, 2.75) is 31.5 Å². The van der Waals surface area contributed by atoms with Crippen LogP contribution in [0.5, 0.6) is 0 Å². The highest BCUT2D eigenvalue weighted by Crippen LogP contribution is 2.32. The van der Waals surface area contributed by atoms with Crippen LogP contribution in [-0.4, -0.2) is 48.7 Å². The van der Waals surface area contributed by atoms with Gasteiger partial charge in [-0.25, -0.2) is 14.0 Å². The van der Waals surface area contributed by atoms with E-state index in [1.165, 1.54) is 15.9 Å². The summed E-state index contributed by atoms with van der Waals surface area (Å²) < 4.78 is 25.3. The van der Waals surface area contributed by atoms with Crippen LogP contribution in [0.3, 0.4) is 0 Å². The summed E-state index contributed by atoms with van der Waals surface area (Å²) in [5, 5.41) is 0.